The molecule has 0 heterocycles. The summed E-state index contributed by atoms with van der Waals surface area (Å²) in [5, 5.41) is 21.4. The van der Waals surface area contributed by atoms with Crippen molar-refractivity contribution in [1.29, 1.82) is 5.26 Å². The molecule has 2 rings (SSSR count). The van der Waals surface area contributed by atoms with E-state index in [1.807, 2.05) is 13.0 Å². The molecule has 4 nitrogen and oxygen atoms in total. The van der Waals surface area contributed by atoms with E-state index in [4.69, 9.17) is 5.26 Å². The number of nitrogens with one attached hydrogen (secondary N) is 1. The Kier molecular flexibility index (Phi) is 3.72. The van der Waals surface area contributed by atoms with E-state index >= 15 is 0 Å². The molecule has 0 atom stereocenters. The van der Waals surface area contributed by atoms with Gasteiger partial charge in [0.1, 0.15) is 11.8 Å². The number of anilines is 1. The molecule has 0 aliphatic carbocycles. The highest BCUT2D eigenvalue weighted by molar-refractivity contribution is 6.05. The molecular weight excluding hydrogens is 252 g/mol. The number of phenols is 1. The van der Waals surface area contributed by atoms with Crippen LogP contribution in [0, 0.1) is 25.2 Å². The third-order valence-electron chi connectivity index (χ3n) is 3.10. The minimum Gasteiger partial charge on any atom is -0.508 e. The van der Waals surface area contributed by atoms with Gasteiger partial charge in [-0.05, 0) is 43.2 Å². The van der Waals surface area contributed by atoms with Gasteiger partial charge in [0.25, 0.3) is 5.91 Å². The lowest BCUT2D eigenvalue weighted by molar-refractivity contribution is 0.102. The highest BCUT2D eigenvalue weighted by Gasteiger charge is 2.11. The molecule has 100 valence electrons. The van der Waals surface area contributed by atoms with Gasteiger partial charge in [0.05, 0.1) is 11.3 Å². The van der Waals surface area contributed by atoms with Crippen LogP contribution in [0.15, 0.2) is 36.4 Å². The van der Waals surface area contributed by atoms with Gasteiger partial charge in [-0.15, -0.1) is 0 Å². The van der Waals surface area contributed by atoms with E-state index in [1.165, 1.54) is 6.07 Å². The van der Waals surface area contributed by atoms with Crippen molar-refractivity contribution in [2.45, 2.75) is 13.8 Å². The highest BCUT2D eigenvalue weighted by atomic mass is 16.3. The van der Waals surface area contributed by atoms with Crippen LogP contribution in [-0.4, -0.2) is 11.0 Å². The van der Waals surface area contributed by atoms with Crippen molar-refractivity contribution in [2.75, 3.05) is 5.32 Å². The number of aromatic hydroxyl groups is 1. The summed E-state index contributed by atoms with van der Waals surface area (Å²) >= 11 is 0. The summed E-state index contributed by atoms with van der Waals surface area (Å²) in [6, 6.07) is 12.1. The van der Waals surface area contributed by atoms with Crippen molar-refractivity contribution in [2.24, 2.45) is 0 Å². The van der Waals surface area contributed by atoms with Crippen LogP contribution in [0.3, 0.4) is 0 Å². The SMILES string of the molecule is Cc1ccc(C(=O)Nc2cccc(C)c2C#N)cc1O. The molecule has 2 N–H and O–H groups in total. The van der Waals surface area contributed by atoms with E-state index in [9.17, 15) is 9.90 Å². The zero-order chi connectivity index (χ0) is 14.7. The van der Waals surface area contributed by atoms with Crippen molar-refractivity contribution < 1.29 is 9.90 Å². The van der Waals surface area contributed by atoms with Gasteiger partial charge >= 0.3 is 0 Å². The van der Waals surface area contributed by atoms with E-state index in [0.717, 1.165) is 5.56 Å². The standard InChI is InChI=1S/C16H14N2O2/c1-10-4-3-5-14(13(10)9-17)18-16(20)12-7-6-11(2)15(19)8-12/h3-8,19H,1-2H3,(H,18,20). The molecule has 0 unspecified atom stereocenters. The Labute approximate surface area is 117 Å². The fourth-order valence-corrected chi connectivity index (χ4v) is 1.87. The third kappa shape index (κ3) is 2.62. The fraction of sp³-hybridized carbons (Fsp3) is 0.125. The molecule has 2 aromatic carbocycles. The number of phenolic OH excluding ortho intramolecular Hbond substituents is 1. The number of hydrogen-bond donors (Lipinski definition) is 2. The molecule has 4 heteroatoms. The van der Waals surface area contributed by atoms with Gasteiger partial charge in [-0.1, -0.05) is 18.2 Å². The summed E-state index contributed by atoms with van der Waals surface area (Å²) in [5.74, 6) is -0.287. The van der Waals surface area contributed by atoms with Gasteiger partial charge in [-0.25, -0.2) is 0 Å². The summed E-state index contributed by atoms with van der Waals surface area (Å²) < 4.78 is 0. The number of carbonyl (C=O) groups excluding carboxylic acids is 1. The molecule has 0 radical (unpaired) electrons. The predicted molar refractivity (Wildman–Crippen MR) is 76.7 cm³/mol. The molecule has 0 bridgehead atoms. The molecule has 1 amide bonds. The number of hydrogen-bond acceptors (Lipinski definition) is 3. The highest BCUT2D eigenvalue weighted by Crippen LogP contribution is 2.21. The van der Waals surface area contributed by atoms with Crippen molar-refractivity contribution in [3.8, 4) is 11.8 Å². The number of nitrogens with zero attached hydrogens (tertiary/aromatic N) is 1. The van der Waals surface area contributed by atoms with Gasteiger partial charge in [0, 0.05) is 5.56 Å². The minimum atomic E-state index is -0.359. The molecule has 0 aliphatic heterocycles. The van der Waals surface area contributed by atoms with Gasteiger partial charge < -0.3 is 10.4 Å². The molecule has 0 spiro atoms. The van der Waals surface area contributed by atoms with Crippen LogP contribution in [0.4, 0.5) is 5.69 Å². The molecule has 0 saturated heterocycles. The van der Waals surface area contributed by atoms with Gasteiger partial charge in [0.15, 0.2) is 0 Å². The lowest BCUT2D eigenvalue weighted by Gasteiger charge is -2.09. The molecule has 2 aromatic rings. The van der Waals surface area contributed by atoms with Crippen molar-refractivity contribution in [3.63, 3.8) is 0 Å². The Morgan fingerprint density at radius 2 is 1.95 bits per heavy atom. The summed E-state index contributed by atoms with van der Waals surface area (Å²) in [4.78, 5) is 12.1. The summed E-state index contributed by atoms with van der Waals surface area (Å²) in [5.41, 5.74) is 2.76. The Morgan fingerprint density at radius 1 is 1.20 bits per heavy atom. The lowest BCUT2D eigenvalue weighted by Crippen LogP contribution is -2.13. The second-order valence-electron chi connectivity index (χ2n) is 4.56. The monoisotopic (exact) mass is 266 g/mol. The fourth-order valence-electron chi connectivity index (χ4n) is 1.87. The Hall–Kier alpha value is -2.80. The van der Waals surface area contributed by atoms with Crippen LogP contribution in [0.5, 0.6) is 5.75 Å². The van der Waals surface area contributed by atoms with Crippen molar-refractivity contribution >= 4 is 11.6 Å². The van der Waals surface area contributed by atoms with Crippen LogP contribution in [0.1, 0.15) is 27.0 Å². The van der Waals surface area contributed by atoms with Gasteiger partial charge in [-0.3, -0.25) is 4.79 Å². The zero-order valence-electron chi connectivity index (χ0n) is 11.3. The molecule has 0 fully saturated rings. The minimum absolute atomic E-state index is 0.0717. The zero-order valence-corrected chi connectivity index (χ0v) is 11.3. The number of amides is 1. The first-order chi connectivity index (χ1) is 9.52. The summed E-state index contributed by atoms with van der Waals surface area (Å²) in [6.07, 6.45) is 0. The van der Waals surface area contributed by atoms with Crippen LogP contribution in [0.25, 0.3) is 0 Å². The first-order valence-corrected chi connectivity index (χ1v) is 6.13. The normalized spacial score (nSPS) is 9.85. The second kappa shape index (κ2) is 5.45. The number of nitriles is 1. The topological polar surface area (TPSA) is 73.1 Å². The van der Waals surface area contributed by atoms with Crippen LogP contribution >= 0.6 is 0 Å². The van der Waals surface area contributed by atoms with E-state index in [-0.39, 0.29) is 11.7 Å². The molecule has 0 aliphatic rings. The van der Waals surface area contributed by atoms with E-state index < -0.39 is 0 Å². The maximum atomic E-state index is 12.1. The van der Waals surface area contributed by atoms with E-state index in [1.54, 1.807) is 31.2 Å². The maximum absolute atomic E-state index is 12.1. The maximum Gasteiger partial charge on any atom is 0.255 e. The lowest BCUT2D eigenvalue weighted by atomic mass is 10.1. The van der Waals surface area contributed by atoms with Gasteiger partial charge in [0.2, 0.25) is 0 Å². The number of aryl methyl sites for hydroxylation is 2. The average Bonchev–Trinajstić information content (AvgIpc) is 2.42. The smallest absolute Gasteiger partial charge is 0.255 e. The van der Waals surface area contributed by atoms with Crippen LogP contribution < -0.4 is 5.32 Å². The van der Waals surface area contributed by atoms with Crippen molar-refractivity contribution in [3.05, 3.63) is 58.7 Å². The number of carbonyl (C=O) groups is 1. The van der Waals surface area contributed by atoms with Crippen LogP contribution in [-0.2, 0) is 0 Å². The van der Waals surface area contributed by atoms with E-state index in [0.29, 0.717) is 22.4 Å². The second-order valence-corrected chi connectivity index (χ2v) is 4.56. The Morgan fingerprint density at radius 3 is 2.60 bits per heavy atom. The first kappa shape index (κ1) is 13.6. The Bertz CT molecular complexity index is 715. The Balaban J connectivity index is 2.31. The molecule has 20 heavy (non-hydrogen) atoms. The van der Waals surface area contributed by atoms with Crippen molar-refractivity contribution in [1.82, 2.24) is 0 Å². The first-order valence-electron chi connectivity index (χ1n) is 6.13. The molecule has 0 aromatic heterocycles. The number of benzene rings is 2. The van der Waals surface area contributed by atoms with E-state index in [2.05, 4.69) is 11.4 Å². The third-order valence-corrected chi connectivity index (χ3v) is 3.10. The van der Waals surface area contributed by atoms with Crippen LogP contribution in [0.2, 0.25) is 0 Å². The molecular formula is C16H14N2O2. The van der Waals surface area contributed by atoms with Gasteiger partial charge in [-0.2, -0.15) is 5.26 Å². The number of rotatable bonds is 2. The average molecular weight is 266 g/mol. The summed E-state index contributed by atoms with van der Waals surface area (Å²) in [6.45, 7) is 3.57. The molecule has 0 saturated carbocycles. The summed E-state index contributed by atoms with van der Waals surface area (Å²) in [7, 11) is 0. The largest absolute Gasteiger partial charge is 0.508 e. The predicted octanol–water partition coefficient (Wildman–Crippen LogP) is 3.13. The quantitative estimate of drug-likeness (QED) is 0.877.